The number of amides is 1. The van der Waals surface area contributed by atoms with Crippen molar-refractivity contribution in [2.45, 2.75) is 6.04 Å². The number of nitrogens with zero attached hydrogens (tertiary/aromatic N) is 2. The fraction of sp³-hybridized carbons (Fsp3) is 0.444. The third-order valence-electron chi connectivity index (χ3n) is 2.52. The van der Waals surface area contributed by atoms with Gasteiger partial charge in [0.1, 0.15) is 5.69 Å². The largest absolute Gasteiger partial charge is 0.335 e. The van der Waals surface area contributed by atoms with Gasteiger partial charge < -0.3 is 15.2 Å². The van der Waals surface area contributed by atoms with Crippen molar-refractivity contribution < 1.29 is 4.79 Å². The summed E-state index contributed by atoms with van der Waals surface area (Å²) in [5, 5.41) is 3.09. The van der Waals surface area contributed by atoms with E-state index in [9.17, 15) is 9.59 Å². The van der Waals surface area contributed by atoms with Crippen LogP contribution in [0.4, 0.5) is 0 Å². The molecule has 0 aromatic carbocycles. The number of hydrogen-bond donors (Lipinski definition) is 2. The summed E-state index contributed by atoms with van der Waals surface area (Å²) in [6.07, 6.45) is 2.45. The third kappa shape index (κ3) is 1.89. The number of nitrogens with one attached hydrogen (secondary N) is 2. The van der Waals surface area contributed by atoms with Gasteiger partial charge in [0.2, 0.25) is 0 Å². The Bertz CT molecular complexity index is 404. The molecular formula is C9H12N4O2. The average molecular weight is 208 g/mol. The lowest BCUT2D eigenvalue weighted by molar-refractivity contribution is 0.0674. The molecule has 0 spiro atoms. The maximum Gasteiger partial charge on any atom is 0.274 e. The molecule has 6 heteroatoms. The van der Waals surface area contributed by atoms with Gasteiger partial charge in [-0.3, -0.25) is 9.59 Å². The van der Waals surface area contributed by atoms with Crippen molar-refractivity contribution in [2.24, 2.45) is 0 Å². The number of rotatable bonds is 2. The molecule has 1 fully saturated rings. The minimum Gasteiger partial charge on any atom is -0.335 e. The first-order valence-electron chi connectivity index (χ1n) is 4.71. The fourth-order valence-electron chi connectivity index (χ4n) is 1.35. The molecule has 1 saturated heterocycles. The molecule has 0 bridgehead atoms. The third-order valence-corrected chi connectivity index (χ3v) is 2.52. The van der Waals surface area contributed by atoms with Gasteiger partial charge >= 0.3 is 0 Å². The summed E-state index contributed by atoms with van der Waals surface area (Å²) in [6.45, 7) is 1.62. The highest BCUT2D eigenvalue weighted by atomic mass is 16.2. The summed E-state index contributed by atoms with van der Waals surface area (Å²) in [5.74, 6) is -0.169. The topological polar surface area (TPSA) is 78.1 Å². The molecule has 6 nitrogen and oxygen atoms in total. The Morgan fingerprint density at radius 2 is 2.33 bits per heavy atom. The van der Waals surface area contributed by atoms with Crippen LogP contribution in [0.5, 0.6) is 0 Å². The van der Waals surface area contributed by atoms with E-state index in [-0.39, 0.29) is 23.2 Å². The average Bonchev–Trinajstić information content (AvgIpc) is 2.15. The molecule has 1 amide bonds. The molecule has 1 aliphatic rings. The standard InChI is InChI=1S/C9H12N4O2/c1-13(6-2-10-3-6)9(15)7-4-12-8(14)5-11-7/h4-6,10H,2-3H2,1H3,(H,12,14). The van der Waals surface area contributed by atoms with Crippen molar-refractivity contribution in [3.63, 3.8) is 0 Å². The highest BCUT2D eigenvalue weighted by Gasteiger charge is 2.26. The van der Waals surface area contributed by atoms with Crippen LogP contribution >= 0.6 is 0 Å². The Morgan fingerprint density at radius 1 is 1.60 bits per heavy atom. The van der Waals surface area contributed by atoms with E-state index in [1.54, 1.807) is 11.9 Å². The first-order chi connectivity index (χ1) is 7.18. The Hall–Kier alpha value is -1.69. The predicted octanol–water partition coefficient (Wildman–Crippen LogP) is -1.19. The van der Waals surface area contributed by atoms with Gasteiger partial charge in [-0.15, -0.1) is 0 Å². The number of carbonyl (C=O) groups excluding carboxylic acids is 1. The molecule has 0 radical (unpaired) electrons. The second-order valence-corrected chi connectivity index (χ2v) is 3.52. The van der Waals surface area contributed by atoms with Gasteiger partial charge in [-0.05, 0) is 0 Å². The summed E-state index contributed by atoms with van der Waals surface area (Å²) in [7, 11) is 1.74. The lowest BCUT2D eigenvalue weighted by Crippen LogP contribution is -2.57. The van der Waals surface area contributed by atoms with Crippen molar-refractivity contribution in [3.05, 3.63) is 28.4 Å². The van der Waals surface area contributed by atoms with Crippen LogP contribution in [0, 0.1) is 0 Å². The van der Waals surface area contributed by atoms with Crippen LogP contribution in [0.1, 0.15) is 10.5 Å². The summed E-state index contributed by atoms with van der Waals surface area (Å²) in [6, 6.07) is 0.228. The second kappa shape index (κ2) is 3.82. The van der Waals surface area contributed by atoms with Crippen LogP contribution < -0.4 is 10.9 Å². The zero-order chi connectivity index (χ0) is 10.8. The zero-order valence-corrected chi connectivity index (χ0v) is 8.36. The Kier molecular flexibility index (Phi) is 2.51. The quantitative estimate of drug-likeness (QED) is 0.641. The normalized spacial score (nSPS) is 15.8. The van der Waals surface area contributed by atoms with E-state index in [1.165, 1.54) is 6.20 Å². The van der Waals surface area contributed by atoms with E-state index < -0.39 is 0 Å². The SMILES string of the molecule is CN(C(=O)c1c[nH]c(=O)cn1)C1CNC1. The van der Waals surface area contributed by atoms with Crippen LogP contribution in [-0.2, 0) is 0 Å². The van der Waals surface area contributed by atoms with E-state index in [1.807, 2.05) is 0 Å². The fourth-order valence-corrected chi connectivity index (χ4v) is 1.35. The van der Waals surface area contributed by atoms with Gasteiger partial charge in [0.15, 0.2) is 0 Å². The van der Waals surface area contributed by atoms with Gasteiger partial charge in [0.25, 0.3) is 11.5 Å². The number of aromatic nitrogens is 2. The van der Waals surface area contributed by atoms with Gasteiger partial charge in [-0.25, -0.2) is 4.98 Å². The van der Waals surface area contributed by atoms with Crippen LogP contribution in [0.2, 0.25) is 0 Å². The zero-order valence-electron chi connectivity index (χ0n) is 8.36. The van der Waals surface area contributed by atoms with E-state index in [2.05, 4.69) is 15.3 Å². The Labute approximate surface area is 86.3 Å². The first-order valence-corrected chi connectivity index (χ1v) is 4.71. The summed E-state index contributed by atoms with van der Waals surface area (Å²) in [5.41, 5.74) is -0.0384. The lowest BCUT2D eigenvalue weighted by atomic mass is 10.1. The Balaban J connectivity index is 2.12. The molecule has 1 aromatic heterocycles. The molecule has 2 heterocycles. The molecule has 1 aliphatic heterocycles. The van der Waals surface area contributed by atoms with Crippen LogP contribution in [-0.4, -0.2) is 47.0 Å². The molecule has 0 atom stereocenters. The van der Waals surface area contributed by atoms with Crippen LogP contribution in [0.3, 0.4) is 0 Å². The van der Waals surface area contributed by atoms with Crippen molar-refractivity contribution in [2.75, 3.05) is 20.1 Å². The minimum absolute atomic E-state index is 0.169. The number of likely N-dealkylation sites (N-methyl/N-ethyl adjacent to an activating group) is 1. The van der Waals surface area contributed by atoms with Gasteiger partial charge in [-0.1, -0.05) is 0 Å². The molecule has 2 N–H and O–H groups in total. The summed E-state index contributed by atoms with van der Waals surface area (Å²) in [4.78, 5) is 30.4. The molecule has 80 valence electrons. The summed E-state index contributed by atoms with van der Waals surface area (Å²) >= 11 is 0. The Morgan fingerprint density at radius 3 is 2.80 bits per heavy atom. The number of hydrogen-bond acceptors (Lipinski definition) is 4. The van der Waals surface area contributed by atoms with Gasteiger partial charge in [0, 0.05) is 26.3 Å². The highest BCUT2D eigenvalue weighted by molar-refractivity contribution is 5.92. The van der Waals surface area contributed by atoms with E-state index in [4.69, 9.17) is 0 Å². The number of H-pyrrole nitrogens is 1. The van der Waals surface area contributed by atoms with Crippen LogP contribution in [0.25, 0.3) is 0 Å². The van der Waals surface area contributed by atoms with Crippen molar-refractivity contribution in [1.29, 1.82) is 0 Å². The second-order valence-electron chi connectivity index (χ2n) is 3.52. The molecule has 0 aliphatic carbocycles. The predicted molar refractivity (Wildman–Crippen MR) is 53.6 cm³/mol. The number of carbonyl (C=O) groups is 1. The smallest absolute Gasteiger partial charge is 0.274 e. The number of aromatic amines is 1. The monoisotopic (exact) mass is 208 g/mol. The molecular weight excluding hydrogens is 196 g/mol. The van der Waals surface area contributed by atoms with E-state index in [0.717, 1.165) is 19.3 Å². The van der Waals surface area contributed by atoms with E-state index in [0.29, 0.717) is 0 Å². The molecule has 1 aromatic rings. The van der Waals surface area contributed by atoms with Gasteiger partial charge in [0.05, 0.1) is 12.2 Å². The van der Waals surface area contributed by atoms with Gasteiger partial charge in [-0.2, -0.15) is 0 Å². The molecule has 2 rings (SSSR count). The van der Waals surface area contributed by atoms with Crippen molar-refractivity contribution in [3.8, 4) is 0 Å². The minimum atomic E-state index is -0.306. The maximum absolute atomic E-state index is 11.8. The van der Waals surface area contributed by atoms with Crippen LogP contribution in [0.15, 0.2) is 17.2 Å². The van der Waals surface area contributed by atoms with Crippen molar-refractivity contribution in [1.82, 2.24) is 20.2 Å². The summed E-state index contributed by atoms with van der Waals surface area (Å²) < 4.78 is 0. The van der Waals surface area contributed by atoms with Crippen molar-refractivity contribution >= 4 is 5.91 Å². The maximum atomic E-state index is 11.8. The highest BCUT2D eigenvalue weighted by Crippen LogP contribution is 2.05. The molecule has 0 saturated carbocycles. The first kappa shape index (κ1) is 9.85. The molecule has 0 unspecified atom stereocenters. The van der Waals surface area contributed by atoms with E-state index >= 15 is 0 Å². The molecule has 15 heavy (non-hydrogen) atoms. The lowest BCUT2D eigenvalue weighted by Gasteiger charge is -2.35.